The average Bonchev–Trinajstić information content (AvgIpc) is 2.59. The predicted molar refractivity (Wildman–Crippen MR) is 101 cm³/mol. The van der Waals surface area contributed by atoms with Gasteiger partial charge in [-0.15, -0.1) is 0 Å². The predicted octanol–water partition coefficient (Wildman–Crippen LogP) is 4.99. The molecule has 0 atom stereocenters. The van der Waals surface area contributed by atoms with Crippen molar-refractivity contribution in [3.8, 4) is 0 Å². The number of ketones is 2. The molecule has 0 radical (unpaired) electrons. The molecule has 0 aromatic heterocycles. The SMILES string of the molecule is O=C(CS[P+](=S)SCC(=O)c1ccccc1)c1ccccc1. The molecular formula is C16H14O2PS3+. The monoisotopic (exact) mass is 365 g/mol. The number of Topliss-reactive ketones (excluding diaryl/α,β-unsaturated/α-hetero) is 2. The van der Waals surface area contributed by atoms with E-state index in [0.717, 1.165) is 0 Å². The van der Waals surface area contributed by atoms with Crippen LogP contribution in [0.5, 0.6) is 0 Å². The second kappa shape index (κ2) is 9.21. The molecule has 0 aliphatic rings. The molecule has 2 nitrogen and oxygen atoms in total. The fourth-order valence-electron chi connectivity index (χ4n) is 1.67. The molecule has 2 aromatic rings. The van der Waals surface area contributed by atoms with Crippen LogP contribution in [-0.2, 0) is 11.8 Å². The number of carbonyl (C=O) groups is 2. The van der Waals surface area contributed by atoms with E-state index in [1.54, 1.807) is 24.3 Å². The molecule has 0 amide bonds. The highest BCUT2D eigenvalue weighted by Crippen LogP contribution is 2.50. The summed E-state index contributed by atoms with van der Waals surface area (Å²) in [7, 11) is 0. The highest BCUT2D eigenvalue weighted by molar-refractivity contribution is 8.94. The van der Waals surface area contributed by atoms with E-state index in [9.17, 15) is 9.59 Å². The molecule has 0 unspecified atom stereocenters. The van der Waals surface area contributed by atoms with Crippen molar-refractivity contribution in [2.24, 2.45) is 0 Å². The third-order valence-electron chi connectivity index (χ3n) is 2.79. The first-order valence-corrected chi connectivity index (χ1v) is 12.1. The smallest absolute Gasteiger partial charge is 0.293 e. The first kappa shape index (κ1) is 17.4. The zero-order valence-corrected chi connectivity index (χ0v) is 15.0. The lowest BCUT2D eigenvalue weighted by molar-refractivity contribution is 0.101. The van der Waals surface area contributed by atoms with Crippen molar-refractivity contribution in [2.75, 3.05) is 11.5 Å². The van der Waals surface area contributed by atoms with Gasteiger partial charge in [-0.25, -0.2) is 0 Å². The zero-order chi connectivity index (χ0) is 15.8. The molecule has 0 saturated carbocycles. The lowest BCUT2D eigenvalue weighted by Gasteiger charge is -1.97. The van der Waals surface area contributed by atoms with Gasteiger partial charge in [-0.2, -0.15) is 0 Å². The number of hydrogen-bond donors (Lipinski definition) is 0. The maximum atomic E-state index is 12.0. The van der Waals surface area contributed by atoms with E-state index in [0.29, 0.717) is 22.6 Å². The Morgan fingerprint density at radius 3 is 1.50 bits per heavy atom. The summed E-state index contributed by atoms with van der Waals surface area (Å²) >= 11 is 8.28. The van der Waals surface area contributed by atoms with Gasteiger partial charge in [0.2, 0.25) is 0 Å². The molecule has 112 valence electrons. The van der Waals surface area contributed by atoms with E-state index in [2.05, 4.69) is 0 Å². The van der Waals surface area contributed by atoms with Crippen molar-refractivity contribution >= 4 is 51.2 Å². The largest absolute Gasteiger partial charge is 0.317 e. The maximum Gasteiger partial charge on any atom is 0.317 e. The van der Waals surface area contributed by atoms with Crippen molar-refractivity contribution < 1.29 is 9.59 Å². The molecule has 0 aliphatic carbocycles. The summed E-state index contributed by atoms with van der Waals surface area (Å²) in [6, 6.07) is 18.4. The van der Waals surface area contributed by atoms with Gasteiger partial charge in [0, 0.05) is 11.1 Å². The molecule has 2 aromatic carbocycles. The number of carbonyl (C=O) groups excluding carboxylic acids is 2. The van der Waals surface area contributed by atoms with Crippen LogP contribution in [-0.4, -0.2) is 23.1 Å². The van der Waals surface area contributed by atoms with Crippen LogP contribution >= 0.6 is 27.9 Å². The lowest BCUT2D eigenvalue weighted by Crippen LogP contribution is -2.01. The molecule has 0 aliphatic heterocycles. The molecule has 0 saturated heterocycles. The van der Waals surface area contributed by atoms with Crippen LogP contribution in [0.4, 0.5) is 0 Å². The van der Waals surface area contributed by atoms with E-state index < -0.39 is 5.10 Å². The van der Waals surface area contributed by atoms with E-state index >= 15 is 0 Å². The van der Waals surface area contributed by atoms with E-state index in [1.807, 2.05) is 36.4 Å². The lowest BCUT2D eigenvalue weighted by atomic mass is 10.2. The van der Waals surface area contributed by atoms with Crippen LogP contribution in [0.1, 0.15) is 20.7 Å². The summed E-state index contributed by atoms with van der Waals surface area (Å²) in [5, 5.41) is -0.851. The fraction of sp³-hybridized carbons (Fsp3) is 0.125. The molecule has 6 heteroatoms. The van der Waals surface area contributed by atoms with Crippen molar-refractivity contribution in [1.29, 1.82) is 0 Å². The molecule has 0 N–H and O–H groups in total. The number of rotatable bonds is 8. The molecule has 0 spiro atoms. The van der Waals surface area contributed by atoms with E-state index in [1.165, 1.54) is 22.8 Å². The topological polar surface area (TPSA) is 34.1 Å². The summed E-state index contributed by atoms with van der Waals surface area (Å²) in [5.74, 6) is 0.896. The minimum atomic E-state index is -0.851. The zero-order valence-electron chi connectivity index (χ0n) is 11.7. The third-order valence-corrected chi connectivity index (χ3v) is 9.83. The molecule has 22 heavy (non-hydrogen) atoms. The Labute approximate surface area is 144 Å². The van der Waals surface area contributed by atoms with E-state index in [-0.39, 0.29) is 11.6 Å². The Hall–Kier alpha value is -1.00. The van der Waals surface area contributed by atoms with Crippen molar-refractivity contribution in [3.63, 3.8) is 0 Å². The minimum Gasteiger partial charge on any atom is -0.293 e. The summed E-state index contributed by atoms with van der Waals surface area (Å²) in [6.45, 7) is 0. The Bertz CT molecular complexity index is 602. The number of hydrogen-bond acceptors (Lipinski definition) is 5. The Balaban J connectivity index is 1.74. The van der Waals surface area contributed by atoms with Crippen molar-refractivity contribution in [2.45, 2.75) is 0 Å². The van der Waals surface area contributed by atoms with Crippen LogP contribution in [0, 0.1) is 0 Å². The van der Waals surface area contributed by atoms with Gasteiger partial charge in [0.25, 0.3) is 0 Å². The van der Waals surface area contributed by atoms with Gasteiger partial charge in [0.05, 0.1) is 0 Å². The van der Waals surface area contributed by atoms with Crippen LogP contribution in [0.15, 0.2) is 60.7 Å². The summed E-state index contributed by atoms with van der Waals surface area (Å²) in [6.07, 6.45) is 0. The molecule has 0 bridgehead atoms. The Morgan fingerprint density at radius 2 is 1.14 bits per heavy atom. The molecular weight excluding hydrogens is 351 g/mol. The van der Waals surface area contributed by atoms with Crippen molar-refractivity contribution in [3.05, 3.63) is 71.8 Å². The molecule has 0 fully saturated rings. The highest BCUT2D eigenvalue weighted by Gasteiger charge is 2.20. The van der Waals surface area contributed by atoms with Crippen LogP contribution in [0.25, 0.3) is 0 Å². The van der Waals surface area contributed by atoms with Crippen LogP contribution in [0.3, 0.4) is 0 Å². The third kappa shape index (κ3) is 5.65. The molecule has 2 rings (SSSR count). The number of benzene rings is 2. The highest BCUT2D eigenvalue weighted by atomic mass is 33.2. The summed E-state index contributed by atoms with van der Waals surface area (Å²) < 4.78 is 0. The van der Waals surface area contributed by atoms with E-state index in [4.69, 9.17) is 11.8 Å². The van der Waals surface area contributed by atoms with Gasteiger partial charge in [-0.05, 0) is 0 Å². The van der Waals surface area contributed by atoms with Gasteiger partial charge in [0.15, 0.2) is 23.4 Å². The maximum absolute atomic E-state index is 12.0. The Kier molecular flexibility index (Phi) is 7.26. The summed E-state index contributed by atoms with van der Waals surface area (Å²) in [4.78, 5) is 24.0. The fourth-order valence-corrected chi connectivity index (χ4v) is 6.66. The first-order valence-electron chi connectivity index (χ1n) is 6.56. The standard InChI is InChI=1S/C16H14O2PS3/c17-15(13-7-3-1-4-8-13)11-21-19(20)22-12-16(18)14-9-5-2-6-10-14/h1-10H,11-12H2/q+1. The van der Waals surface area contributed by atoms with Gasteiger partial charge >= 0.3 is 5.10 Å². The molecule has 0 heterocycles. The second-order valence-electron chi connectivity index (χ2n) is 4.35. The summed E-state index contributed by atoms with van der Waals surface area (Å²) in [5.41, 5.74) is 1.41. The van der Waals surface area contributed by atoms with Gasteiger partial charge in [-0.3, -0.25) is 9.59 Å². The quantitative estimate of drug-likeness (QED) is 0.486. The van der Waals surface area contributed by atoms with Gasteiger partial charge in [0.1, 0.15) is 34.3 Å². The van der Waals surface area contributed by atoms with Crippen LogP contribution < -0.4 is 0 Å². The van der Waals surface area contributed by atoms with Gasteiger partial charge < -0.3 is 0 Å². The first-order chi connectivity index (χ1) is 10.7. The van der Waals surface area contributed by atoms with Gasteiger partial charge in [-0.1, -0.05) is 60.7 Å². The average molecular weight is 365 g/mol. The Morgan fingerprint density at radius 1 is 0.773 bits per heavy atom. The van der Waals surface area contributed by atoms with Crippen molar-refractivity contribution in [1.82, 2.24) is 0 Å². The second-order valence-corrected chi connectivity index (χ2v) is 12.8. The van der Waals surface area contributed by atoms with Crippen LogP contribution in [0.2, 0.25) is 0 Å². The minimum absolute atomic E-state index is 0.0814. The normalized spacial score (nSPS) is 10.2.